The fourth-order valence-corrected chi connectivity index (χ4v) is 3.12. The summed E-state index contributed by atoms with van der Waals surface area (Å²) in [5.41, 5.74) is 8.42. The number of anilines is 1. The lowest BCUT2D eigenvalue weighted by Gasteiger charge is -2.05. The van der Waals surface area contributed by atoms with E-state index in [1.54, 1.807) is 12.1 Å². The first-order valence-electron chi connectivity index (χ1n) is 6.43. The first-order chi connectivity index (χ1) is 9.13. The van der Waals surface area contributed by atoms with Gasteiger partial charge in [-0.05, 0) is 37.6 Å². The maximum absolute atomic E-state index is 12.3. The minimum atomic E-state index is -1.09. The van der Waals surface area contributed by atoms with Gasteiger partial charge in [0.1, 0.15) is 0 Å². The molecule has 2 rings (SSSR count). The second-order valence-corrected chi connectivity index (χ2v) is 5.81. The molecule has 0 fully saturated rings. The molecule has 2 aromatic rings. The van der Waals surface area contributed by atoms with Crippen LogP contribution in [0.15, 0.2) is 35.2 Å². The topological polar surface area (TPSA) is 60.9 Å². The number of nitrogens with two attached hydrogens (primary N) is 1. The smallest absolute Gasteiger partial charge is 0.0702 e. The van der Waals surface area contributed by atoms with Gasteiger partial charge in [0.05, 0.1) is 27.9 Å². The molecule has 0 aliphatic carbocycles. The molecule has 4 nitrogen and oxygen atoms in total. The zero-order valence-corrected chi connectivity index (χ0v) is 12.1. The summed E-state index contributed by atoms with van der Waals surface area (Å²) in [6, 6.07) is 9.28. The van der Waals surface area contributed by atoms with E-state index in [1.165, 1.54) is 0 Å². The Morgan fingerprint density at radius 1 is 1.32 bits per heavy atom. The summed E-state index contributed by atoms with van der Waals surface area (Å²) in [6.07, 6.45) is 0.894. The van der Waals surface area contributed by atoms with E-state index in [0.29, 0.717) is 11.4 Å². The Hall–Kier alpha value is -1.62. The molecular weight excluding hydrogens is 258 g/mol. The van der Waals surface area contributed by atoms with Gasteiger partial charge in [-0.2, -0.15) is 5.10 Å². The van der Waals surface area contributed by atoms with Gasteiger partial charge in [0, 0.05) is 17.1 Å². The van der Waals surface area contributed by atoms with Crippen LogP contribution < -0.4 is 5.73 Å². The molecule has 102 valence electrons. The molecule has 0 saturated heterocycles. The quantitative estimate of drug-likeness (QED) is 0.853. The van der Waals surface area contributed by atoms with Crippen molar-refractivity contribution in [1.29, 1.82) is 0 Å². The van der Waals surface area contributed by atoms with Crippen LogP contribution in [-0.2, 0) is 29.5 Å². The number of nitrogens with zero attached hydrogens (tertiary/aromatic N) is 2. The highest BCUT2D eigenvalue weighted by atomic mass is 32.2. The van der Waals surface area contributed by atoms with Gasteiger partial charge in [0.2, 0.25) is 0 Å². The minimum absolute atomic E-state index is 0.476. The SMILES string of the molecule is CCc1cc(CS(=O)c2cccc(N)c2)n(CC)n1. The molecule has 1 heterocycles. The molecule has 1 aromatic carbocycles. The Bertz CT molecular complexity index is 592. The number of benzene rings is 1. The van der Waals surface area contributed by atoms with Crippen LogP contribution in [0.4, 0.5) is 5.69 Å². The van der Waals surface area contributed by atoms with E-state index >= 15 is 0 Å². The van der Waals surface area contributed by atoms with E-state index in [-0.39, 0.29) is 0 Å². The minimum Gasteiger partial charge on any atom is -0.399 e. The van der Waals surface area contributed by atoms with Crippen molar-refractivity contribution in [2.75, 3.05) is 5.73 Å². The summed E-state index contributed by atoms with van der Waals surface area (Å²) < 4.78 is 14.3. The molecule has 0 amide bonds. The highest BCUT2D eigenvalue weighted by Crippen LogP contribution is 2.16. The molecule has 0 saturated carbocycles. The molecule has 2 N–H and O–H groups in total. The standard InChI is InChI=1S/C14H19N3OS/c1-3-12-9-13(17(4-2)16-12)10-19(18)14-7-5-6-11(15)8-14/h5-9H,3-4,10,15H2,1-2H3. The van der Waals surface area contributed by atoms with Crippen LogP contribution in [-0.4, -0.2) is 14.0 Å². The van der Waals surface area contributed by atoms with Crippen LogP contribution in [0.5, 0.6) is 0 Å². The Balaban J connectivity index is 2.21. The van der Waals surface area contributed by atoms with Crippen molar-refractivity contribution in [3.05, 3.63) is 41.7 Å². The third-order valence-electron chi connectivity index (χ3n) is 2.98. The number of hydrogen-bond acceptors (Lipinski definition) is 3. The van der Waals surface area contributed by atoms with E-state index < -0.39 is 10.8 Å². The Morgan fingerprint density at radius 2 is 2.11 bits per heavy atom. The summed E-state index contributed by atoms with van der Waals surface area (Å²) in [5, 5.41) is 4.47. The molecular formula is C14H19N3OS. The van der Waals surface area contributed by atoms with Crippen molar-refractivity contribution in [1.82, 2.24) is 9.78 Å². The van der Waals surface area contributed by atoms with Crippen molar-refractivity contribution in [3.8, 4) is 0 Å². The van der Waals surface area contributed by atoms with Crippen molar-refractivity contribution >= 4 is 16.5 Å². The predicted molar refractivity (Wildman–Crippen MR) is 78.2 cm³/mol. The number of nitrogen functional groups attached to an aromatic ring is 1. The summed E-state index contributed by atoms with van der Waals surface area (Å²) in [6.45, 7) is 4.91. The third kappa shape index (κ3) is 3.23. The first kappa shape index (κ1) is 13.8. The van der Waals surface area contributed by atoms with Crippen molar-refractivity contribution < 1.29 is 4.21 Å². The van der Waals surface area contributed by atoms with Gasteiger partial charge in [-0.25, -0.2) is 0 Å². The van der Waals surface area contributed by atoms with E-state index in [2.05, 4.69) is 12.0 Å². The fraction of sp³-hybridized carbons (Fsp3) is 0.357. The van der Waals surface area contributed by atoms with Crippen LogP contribution in [0.2, 0.25) is 0 Å². The predicted octanol–water partition coefficient (Wildman–Crippen LogP) is 2.36. The lowest BCUT2D eigenvalue weighted by atomic mass is 10.3. The summed E-state index contributed by atoms with van der Waals surface area (Å²) in [7, 11) is -1.09. The van der Waals surface area contributed by atoms with E-state index in [9.17, 15) is 4.21 Å². The number of aromatic nitrogens is 2. The zero-order valence-electron chi connectivity index (χ0n) is 11.3. The monoisotopic (exact) mass is 277 g/mol. The highest BCUT2D eigenvalue weighted by Gasteiger charge is 2.11. The van der Waals surface area contributed by atoms with Gasteiger partial charge in [-0.15, -0.1) is 0 Å². The molecule has 5 heteroatoms. The molecule has 1 atom stereocenters. The lowest BCUT2D eigenvalue weighted by Crippen LogP contribution is -2.06. The molecule has 1 unspecified atom stereocenters. The van der Waals surface area contributed by atoms with Gasteiger partial charge in [-0.1, -0.05) is 13.0 Å². The Morgan fingerprint density at radius 3 is 2.74 bits per heavy atom. The van der Waals surface area contributed by atoms with E-state index in [1.807, 2.05) is 29.8 Å². The van der Waals surface area contributed by atoms with E-state index in [0.717, 1.165) is 29.2 Å². The largest absolute Gasteiger partial charge is 0.399 e. The third-order valence-corrected chi connectivity index (χ3v) is 4.31. The molecule has 0 aliphatic rings. The second-order valence-electron chi connectivity index (χ2n) is 4.36. The van der Waals surface area contributed by atoms with Crippen LogP contribution >= 0.6 is 0 Å². The molecule has 0 spiro atoms. The summed E-state index contributed by atoms with van der Waals surface area (Å²) >= 11 is 0. The number of hydrogen-bond donors (Lipinski definition) is 1. The maximum Gasteiger partial charge on any atom is 0.0702 e. The summed E-state index contributed by atoms with van der Waals surface area (Å²) in [4.78, 5) is 0.766. The van der Waals surface area contributed by atoms with Crippen LogP contribution in [0.3, 0.4) is 0 Å². The fourth-order valence-electron chi connectivity index (χ4n) is 1.95. The van der Waals surface area contributed by atoms with Gasteiger partial charge < -0.3 is 5.73 Å². The van der Waals surface area contributed by atoms with Gasteiger partial charge in [0.15, 0.2) is 0 Å². The Labute approximate surface area is 116 Å². The highest BCUT2D eigenvalue weighted by molar-refractivity contribution is 7.84. The average Bonchev–Trinajstić information content (AvgIpc) is 2.81. The van der Waals surface area contributed by atoms with Crippen molar-refractivity contribution in [2.45, 2.75) is 37.5 Å². The maximum atomic E-state index is 12.3. The second kappa shape index (κ2) is 6.02. The molecule has 0 bridgehead atoms. The van der Waals surface area contributed by atoms with Crippen LogP contribution in [0.1, 0.15) is 25.2 Å². The zero-order chi connectivity index (χ0) is 13.8. The van der Waals surface area contributed by atoms with Gasteiger partial charge >= 0.3 is 0 Å². The molecule has 0 aliphatic heterocycles. The first-order valence-corrected chi connectivity index (χ1v) is 7.75. The van der Waals surface area contributed by atoms with E-state index in [4.69, 9.17) is 5.73 Å². The van der Waals surface area contributed by atoms with Crippen LogP contribution in [0.25, 0.3) is 0 Å². The van der Waals surface area contributed by atoms with Crippen molar-refractivity contribution in [3.63, 3.8) is 0 Å². The van der Waals surface area contributed by atoms with Crippen LogP contribution in [0, 0.1) is 0 Å². The normalized spacial score (nSPS) is 12.5. The summed E-state index contributed by atoms with van der Waals surface area (Å²) in [5.74, 6) is 0.476. The van der Waals surface area contributed by atoms with Gasteiger partial charge in [-0.3, -0.25) is 8.89 Å². The molecule has 1 aromatic heterocycles. The van der Waals surface area contributed by atoms with Crippen molar-refractivity contribution in [2.24, 2.45) is 0 Å². The molecule has 0 radical (unpaired) electrons. The van der Waals surface area contributed by atoms with Gasteiger partial charge in [0.25, 0.3) is 0 Å². The number of aryl methyl sites for hydroxylation is 2. The molecule has 19 heavy (non-hydrogen) atoms. The lowest BCUT2D eigenvalue weighted by molar-refractivity contribution is 0.623. The Kier molecular flexibility index (Phi) is 4.37. The number of rotatable bonds is 5. The average molecular weight is 277 g/mol.